The number of anilines is 3. The molecule has 138 valence electrons. The lowest BCUT2D eigenvalue weighted by Crippen LogP contribution is -2.15. The predicted octanol–water partition coefficient (Wildman–Crippen LogP) is 2.34. The number of nitrogens with zero attached hydrogens (tertiary/aromatic N) is 5. The van der Waals surface area contributed by atoms with Crippen LogP contribution in [0.4, 0.5) is 17.3 Å². The van der Waals surface area contributed by atoms with Crippen molar-refractivity contribution >= 4 is 23.3 Å². The minimum absolute atomic E-state index is 0.0389. The summed E-state index contributed by atoms with van der Waals surface area (Å²) in [5.74, 6) is 1.48. The first kappa shape index (κ1) is 18.1. The van der Waals surface area contributed by atoms with E-state index < -0.39 is 5.97 Å². The van der Waals surface area contributed by atoms with E-state index in [-0.39, 0.29) is 6.42 Å². The van der Waals surface area contributed by atoms with Gasteiger partial charge in [-0.1, -0.05) is 12.1 Å². The van der Waals surface area contributed by atoms with Gasteiger partial charge in [-0.3, -0.25) is 4.79 Å². The Labute approximate surface area is 155 Å². The average Bonchev–Trinajstić information content (AvgIpc) is 2.63. The summed E-state index contributed by atoms with van der Waals surface area (Å²) >= 11 is 0. The van der Waals surface area contributed by atoms with Crippen molar-refractivity contribution in [2.24, 2.45) is 0 Å². The summed E-state index contributed by atoms with van der Waals surface area (Å²) in [5, 5.41) is 8.81. The van der Waals surface area contributed by atoms with Crippen LogP contribution in [0.15, 0.2) is 42.9 Å². The molecule has 3 N–H and O–H groups in total. The smallest absolute Gasteiger partial charge is 0.307 e. The molecule has 0 fully saturated rings. The molecular formula is C18H18N6O3. The second-order valence-corrected chi connectivity index (χ2v) is 5.78. The molecule has 0 aliphatic carbocycles. The van der Waals surface area contributed by atoms with Crippen molar-refractivity contribution in [3.05, 3.63) is 54.2 Å². The molecule has 2 heterocycles. The van der Waals surface area contributed by atoms with Gasteiger partial charge < -0.3 is 20.5 Å². The fourth-order valence-electron chi connectivity index (χ4n) is 2.40. The Morgan fingerprint density at radius 1 is 1.22 bits per heavy atom. The van der Waals surface area contributed by atoms with E-state index in [4.69, 9.17) is 15.6 Å². The molecule has 3 aromatic rings. The number of hydrogen-bond donors (Lipinski definition) is 2. The third kappa shape index (κ3) is 4.46. The van der Waals surface area contributed by atoms with Crippen LogP contribution in [-0.2, 0) is 11.2 Å². The van der Waals surface area contributed by atoms with Crippen LogP contribution in [-0.4, -0.2) is 38.1 Å². The van der Waals surface area contributed by atoms with Gasteiger partial charge in [0.15, 0.2) is 5.82 Å². The average molecular weight is 366 g/mol. The van der Waals surface area contributed by atoms with Gasteiger partial charge in [0.25, 0.3) is 0 Å². The molecule has 2 aromatic heterocycles. The second-order valence-electron chi connectivity index (χ2n) is 5.78. The molecule has 0 aliphatic rings. The summed E-state index contributed by atoms with van der Waals surface area (Å²) in [7, 11) is 1.79. The molecule has 1 aromatic carbocycles. The number of aromatic nitrogens is 4. The van der Waals surface area contributed by atoms with E-state index in [1.165, 1.54) is 6.33 Å². The maximum Gasteiger partial charge on any atom is 0.307 e. The zero-order chi connectivity index (χ0) is 19.4. The van der Waals surface area contributed by atoms with E-state index in [1.807, 2.05) is 0 Å². The molecule has 0 spiro atoms. The van der Waals surface area contributed by atoms with Crippen LogP contribution < -0.4 is 15.4 Å². The number of hydrogen-bond acceptors (Lipinski definition) is 8. The van der Waals surface area contributed by atoms with Crippen LogP contribution in [0.3, 0.4) is 0 Å². The number of nitrogen functional groups attached to an aromatic ring is 1. The first-order chi connectivity index (χ1) is 12.9. The van der Waals surface area contributed by atoms with E-state index >= 15 is 0 Å². The normalized spacial score (nSPS) is 10.4. The van der Waals surface area contributed by atoms with Gasteiger partial charge in [0.2, 0.25) is 5.88 Å². The molecule has 27 heavy (non-hydrogen) atoms. The van der Waals surface area contributed by atoms with Gasteiger partial charge in [-0.2, -0.15) is 0 Å². The highest BCUT2D eigenvalue weighted by Gasteiger charge is 2.12. The van der Waals surface area contributed by atoms with Gasteiger partial charge in [0.1, 0.15) is 29.4 Å². The monoisotopic (exact) mass is 366 g/mol. The summed E-state index contributed by atoms with van der Waals surface area (Å²) in [5.41, 5.74) is 7.26. The van der Waals surface area contributed by atoms with Crippen LogP contribution in [0.2, 0.25) is 0 Å². The summed E-state index contributed by atoms with van der Waals surface area (Å²) in [4.78, 5) is 29.1. The Morgan fingerprint density at radius 3 is 2.63 bits per heavy atom. The zero-order valence-corrected chi connectivity index (χ0v) is 14.8. The summed E-state index contributed by atoms with van der Waals surface area (Å²) < 4.78 is 5.73. The molecule has 0 aliphatic heterocycles. The van der Waals surface area contributed by atoms with Crippen LogP contribution in [0, 0.1) is 6.92 Å². The van der Waals surface area contributed by atoms with E-state index in [2.05, 4.69) is 19.9 Å². The highest BCUT2D eigenvalue weighted by molar-refractivity contribution is 5.70. The quantitative estimate of drug-likeness (QED) is 0.675. The van der Waals surface area contributed by atoms with Crippen molar-refractivity contribution in [1.29, 1.82) is 0 Å². The Bertz CT molecular complexity index is 962. The Kier molecular flexibility index (Phi) is 5.11. The molecule has 0 saturated carbocycles. The van der Waals surface area contributed by atoms with Gasteiger partial charge >= 0.3 is 5.97 Å². The van der Waals surface area contributed by atoms with Crippen molar-refractivity contribution in [1.82, 2.24) is 19.9 Å². The highest BCUT2D eigenvalue weighted by Crippen LogP contribution is 2.28. The number of ether oxygens (including phenoxy) is 1. The number of aliphatic carboxylic acids is 1. The number of rotatable bonds is 6. The van der Waals surface area contributed by atoms with E-state index in [9.17, 15) is 4.79 Å². The molecule has 9 heteroatoms. The lowest BCUT2D eigenvalue weighted by Gasteiger charge is -2.19. The van der Waals surface area contributed by atoms with Crippen LogP contribution in [0.25, 0.3) is 0 Å². The third-order valence-corrected chi connectivity index (χ3v) is 3.75. The minimum atomic E-state index is -0.883. The van der Waals surface area contributed by atoms with Gasteiger partial charge in [-0.25, -0.2) is 19.9 Å². The van der Waals surface area contributed by atoms with Crippen molar-refractivity contribution in [2.45, 2.75) is 13.3 Å². The second kappa shape index (κ2) is 7.65. The fraction of sp³-hybridized carbons (Fsp3) is 0.167. The first-order valence-electron chi connectivity index (χ1n) is 8.06. The molecule has 0 unspecified atom stereocenters. The van der Waals surface area contributed by atoms with Crippen molar-refractivity contribution in [3.8, 4) is 11.6 Å². The summed E-state index contributed by atoms with van der Waals surface area (Å²) in [6, 6.07) is 8.43. The lowest BCUT2D eigenvalue weighted by atomic mass is 10.1. The molecule has 0 saturated heterocycles. The van der Waals surface area contributed by atoms with Gasteiger partial charge in [-0.15, -0.1) is 0 Å². The van der Waals surface area contributed by atoms with E-state index in [0.717, 1.165) is 0 Å². The fourth-order valence-corrected chi connectivity index (χ4v) is 2.40. The van der Waals surface area contributed by atoms with Crippen molar-refractivity contribution in [3.63, 3.8) is 0 Å². The molecule has 0 amide bonds. The van der Waals surface area contributed by atoms with E-state index in [0.29, 0.717) is 40.3 Å². The lowest BCUT2D eigenvalue weighted by molar-refractivity contribution is -0.136. The number of carbonyl (C=O) groups is 1. The number of carboxylic acids is 1. The largest absolute Gasteiger partial charge is 0.481 e. The first-order valence-corrected chi connectivity index (χ1v) is 8.06. The Hall–Kier alpha value is -3.75. The number of benzene rings is 1. The molecule has 3 rings (SSSR count). The minimum Gasteiger partial charge on any atom is -0.481 e. The molecule has 0 radical (unpaired) electrons. The van der Waals surface area contributed by atoms with Crippen LogP contribution in [0.5, 0.6) is 11.6 Å². The number of aryl methyl sites for hydroxylation is 1. The van der Waals surface area contributed by atoms with Crippen molar-refractivity contribution in [2.75, 3.05) is 17.7 Å². The molecule has 0 bridgehead atoms. The van der Waals surface area contributed by atoms with Crippen LogP contribution >= 0.6 is 0 Å². The maximum absolute atomic E-state index is 10.7. The van der Waals surface area contributed by atoms with Gasteiger partial charge in [0, 0.05) is 13.1 Å². The third-order valence-electron chi connectivity index (χ3n) is 3.75. The standard InChI is InChI=1S/C18H18N6O3/c1-11-20-9-14(18(19)23-11)24(2)15-8-16(22-10-21-15)27-13-5-3-12(4-6-13)7-17(25)26/h3-6,8-10H,7H2,1-2H3,(H,25,26)(H2,19,20,23). The van der Waals surface area contributed by atoms with Crippen molar-refractivity contribution < 1.29 is 14.6 Å². The van der Waals surface area contributed by atoms with Gasteiger partial charge in [-0.05, 0) is 24.6 Å². The van der Waals surface area contributed by atoms with Gasteiger partial charge in [0.05, 0.1) is 12.6 Å². The zero-order valence-electron chi connectivity index (χ0n) is 14.8. The number of carboxylic acid groups (broad SMARTS) is 1. The molecular weight excluding hydrogens is 348 g/mol. The molecule has 0 atom stereocenters. The summed E-state index contributed by atoms with van der Waals surface area (Å²) in [6.07, 6.45) is 2.97. The Balaban J connectivity index is 1.78. The summed E-state index contributed by atoms with van der Waals surface area (Å²) in [6.45, 7) is 1.76. The van der Waals surface area contributed by atoms with Crippen LogP contribution in [0.1, 0.15) is 11.4 Å². The highest BCUT2D eigenvalue weighted by atomic mass is 16.5. The predicted molar refractivity (Wildman–Crippen MR) is 99.1 cm³/mol. The maximum atomic E-state index is 10.7. The Morgan fingerprint density at radius 2 is 1.96 bits per heavy atom. The van der Waals surface area contributed by atoms with E-state index in [1.54, 1.807) is 55.4 Å². The molecule has 9 nitrogen and oxygen atoms in total. The number of nitrogens with two attached hydrogens (primary N) is 1. The SMILES string of the molecule is Cc1ncc(N(C)c2cc(Oc3ccc(CC(=O)O)cc3)ncn2)c(N)n1. The topological polar surface area (TPSA) is 127 Å².